The van der Waals surface area contributed by atoms with Crippen LogP contribution in [0.25, 0.3) is 0 Å². The molecule has 1 heterocycles. The van der Waals surface area contributed by atoms with Gasteiger partial charge in [-0.05, 0) is 12.8 Å². The number of aliphatic hydroxyl groups is 1. The summed E-state index contributed by atoms with van der Waals surface area (Å²) in [6.45, 7) is 0.105. The number of hydrogen-bond donors (Lipinski definition) is 2. The van der Waals surface area contributed by atoms with Crippen LogP contribution in [-0.2, 0) is 4.74 Å². The quantitative estimate of drug-likeness (QED) is 0.484. The molecule has 1 rings (SSSR count). The molecule has 0 spiro atoms. The lowest BCUT2D eigenvalue weighted by atomic mass is 10.2. The average molecular weight is 117 g/mol. The molecular formula is C5H11NO2. The van der Waals surface area contributed by atoms with Crippen LogP contribution in [-0.4, -0.2) is 24.0 Å². The fourth-order valence-electron chi connectivity index (χ4n) is 0.868. The van der Waals surface area contributed by atoms with Crippen molar-refractivity contribution in [2.75, 3.05) is 6.61 Å². The highest BCUT2D eigenvalue weighted by Gasteiger charge is 2.20. The van der Waals surface area contributed by atoms with Crippen molar-refractivity contribution in [3.05, 3.63) is 0 Å². The summed E-state index contributed by atoms with van der Waals surface area (Å²) in [4.78, 5) is 0. The predicted molar refractivity (Wildman–Crippen MR) is 29.2 cm³/mol. The number of hydrogen-bond acceptors (Lipinski definition) is 3. The molecule has 3 N–H and O–H groups in total. The zero-order chi connectivity index (χ0) is 5.98. The Balaban J connectivity index is 2.22. The monoisotopic (exact) mass is 117 g/mol. The largest absolute Gasteiger partial charge is 0.394 e. The minimum absolute atomic E-state index is 0.00463. The van der Waals surface area contributed by atoms with Crippen molar-refractivity contribution >= 4 is 0 Å². The highest BCUT2D eigenvalue weighted by atomic mass is 16.5. The van der Waals surface area contributed by atoms with Crippen LogP contribution in [0, 0.1) is 0 Å². The van der Waals surface area contributed by atoms with Gasteiger partial charge in [-0.1, -0.05) is 0 Å². The lowest BCUT2D eigenvalue weighted by molar-refractivity contribution is 0.0148. The third-order valence-electron chi connectivity index (χ3n) is 1.34. The van der Waals surface area contributed by atoms with Crippen LogP contribution >= 0.6 is 0 Å². The smallest absolute Gasteiger partial charge is 0.106 e. The van der Waals surface area contributed by atoms with Crippen molar-refractivity contribution in [1.82, 2.24) is 0 Å². The Bertz CT molecular complexity index is 76.8. The van der Waals surface area contributed by atoms with Gasteiger partial charge in [0.05, 0.1) is 12.7 Å². The first kappa shape index (κ1) is 6.01. The zero-order valence-corrected chi connectivity index (χ0v) is 4.71. The van der Waals surface area contributed by atoms with E-state index in [1.165, 1.54) is 0 Å². The molecule has 1 aliphatic heterocycles. The molecule has 8 heavy (non-hydrogen) atoms. The van der Waals surface area contributed by atoms with E-state index in [1.54, 1.807) is 0 Å². The maximum absolute atomic E-state index is 8.50. The van der Waals surface area contributed by atoms with Gasteiger partial charge in [-0.25, -0.2) is 0 Å². The van der Waals surface area contributed by atoms with Gasteiger partial charge in [0, 0.05) is 0 Å². The fraction of sp³-hybridized carbons (Fsp3) is 1.00. The first-order valence-electron chi connectivity index (χ1n) is 2.85. The third-order valence-corrected chi connectivity index (χ3v) is 1.34. The van der Waals surface area contributed by atoms with E-state index >= 15 is 0 Å². The summed E-state index contributed by atoms with van der Waals surface area (Å²) >= 11 is 0. The van der Waals surface area contributed by atoms with E-state index in [2.05, 4.69) is 0 Å². The van der Waals surface area contributed by atoms with Gasteiger partial charge < -0.3 is 15.6 Å². The molecule has 0 bridgehead atoms. The minimum Gasteiger partial charge on any atom is -0.394 e. The molecule has 3 heteroatoms. The summed E-state index contributed by atoms with van der Waals surface area (Å²) in [6, 6.07) is 0. The first-order valence-corrected chi connectivity index (χ1v) is 2.85. The van der Waals surface area contributed by atoms with Crippen molar-refractivity contribution in [3.63, 3.8) is 0 Å². The molecule has 1 fully saturated rings. The minimum atomic E-state index is -0.132. The van der Waals surface area contributed by atoms with Gasteiger partial charge in [0.2, 0.25) is 0 Å². The van der Waals surface area contributed by atoms with Crippen molar-refractivity contribution < 1.29 is 9.84 Å². The van der Waals surface area contributed by atoms with Crippen LogP contribution in [0.5, 0.6) is 0 Å². The summed E-state index contributed by atoms with van der Waals surface area (Å²) < 4.78 is 5.04. The second-order valence-electron chi connectivity index (χ2n) is 2.06. The van der Waals surface area contributed by atoms with Gasteiger partial charge in [-0.2, -0.15) is 0 Å². The molecule has 0 aromatic rings. The maximum Gasteiger partial charge on any atom is 0.106 e. The van der Waals surface area contributed by atoms with E-state index in [1.807, 2.05) is 0 Å². The van der Waals surface area contributed by atoms with Gasteiger partial charge in [-0.15, -0.1) is 0 Å². The third kappa shape index (κ3) is 1.18. The molecule has 0 unspecified atom stereocenters. The molecule has 0 aliphatic carbocycles. The summed E-state index contributed by atoms with van der Waals surface area (Å²) in [6.07, 6.45) is 1.65. The summed E-state index contributed by atoms with van der Waals surface area (Å²) in [5, 5.41) is 8.50. The molecule has 48 valence electrons. The van der Waals surface area contributed by atoms with Gasteiger partial charge >= 0.3 is 0 Å². The molecule has 1 saturated heterocycles. The Morgan fingerprint density at radius 1 is 1.62 bits per heavy atom. The van der Waals surface area contributed by atoms with E-state index < -0.39 is 0 Å². The van der Waals surface area contributed by atoms with Crippen LogP contribution in [0.15, 0.2) is 0 Å². The van der Waals surface area contributed by atoms with Gasteiger partial charge in [0.1, 0.15) is 6.23 Å². The Labute approximate surface area is 48.4 Å². The van der Waals surface area contributed by atoms with Crippen molar-refractivity contribution in [2.45, 2.75) is 25.2 Å². The van der Waals surface area contributed by atoms with Gasteiger partial charge in [0.15, 0.2) is 0 Å². The Morgan fingerprint density at radius 2 is 2.38 bits per heavy atom. The Hall–Kier alpha value is -0.120. The first-order chi connectivity index (χ1) is 3.83. The van der Waals surface area contributed by atoms with E-state index in [9.17, 15) is 0 Å². The van der Waals surface area contributed by atoms with Crippen LogP contribution in [0.4, 0.5) is 0 Å². The lowest BCUT2D eigenvalue weighted by Crippen LogP contribution is -2.21. The SMILES string of the molecule is N[C@H]1CC[C@@H](CO)O1. The second-order valence-corrected chi connectivity index (χ2v) is 2.06. The van der Waals surface area contributed by atoms with E-state index in [0.717, 1.165) is 12.8 Å². The Kier molecular flexibility index (Phi) is 1.83. The molecule has 2 atom stereocenters. The van der Waals surface area contributed by atoms with Crippen LogP contribution < -0.4 is 5.73 Å². The average Bonchev–Trinajstić information content (AvgIpc) is 2.14. The molecule has 0 aromatic carbocycles. The van der Waals surface area contributed by atoms with Gasteiger partial charge in [-0.3, -0.25) is 0 Å². The van der Waals surface area contributed by atoms with Crippen LogP contribution in [0.3, 0.4) is 0 Å². The highest BCUT2D eigenvalue weighted by Crippen LogP contribution is 2.14. The van der Waals surface area contributed by atoms with E-state index in [4.69, 9.17) is 15.6 Å². The summed E-state index contributed by atoms with van der Waals surface area (Å²) in [5.74, 6) is 0. The standard InChI is InChI=1S/C5H11NO2/c6-5-2-1-4(3-7)8-5/h4-5,7H,1-3,6H2/t4-,5+/m0/s1. The van der Waals surface area contributed by atoms with Crippen LogP contribution in [0.1, 0.15) is 12.8 Å². The van der Waals surface area contributed by atoms with E-state index in [-0.39, 0.29) is 18.9 Å². The van der Waals surface area contributed by atoms with Gasteiger partial charge in [0.25, 0.3) is 0 Å². The Morgan fingerprint density at radius 3 is 2.62 bits per heavy atom. The normalized spacial score (nSPS) is 38.2. The molecule has 1 aliphatic rings. The zero-order valence-electron chi connectivity index (χ0n) is 4.71. The molecule has 0 radical (unpaired) electrons. The molecular weight excluding hydrogens is 106 g/mol. The van der Waals surface area contributed by atoms with Crippen molar-refractivity contribution in [3.8, 4) is 0 Å². The number of nitrogens with two attached hydrogens (primary N) is 1. The summed E-state index contributed by atoms with van der Waals surface area (Å²) in [7, 11) is 0. The van der Waals surface area contributed by atoms with E-state index in [0.29, 0.717) is 0 Å². The number of rotatable bonds is 1. The highest BCUT2D eigenvalue weighted by molar-refractivity contribution is 4.67. The molecule has 0 amide bonds. The number of aliphatic hydroxyl groups excluding tert-OH is 1. The second kappa shape index (κ2) is 2.44. The maximum atomic E-state index is 8.50. The lowest BCUT2D eigenvalue weighted by Gasteiger charge is -2.04. The fourth-order valence-corrected chi connectivity index (χ4v) is 0.868. The van der Waals surface area contributed by atoms with Crippen molar-refractivity contribution in [1.29, 1.82) is 0 Å². The predicted octanol–water partition coefficient (Wildman–Crippen LogP) is -0.558. The topological polar surface area (TPSA) is 55.5 Å². The molecule has 3 nitrogen and oxygen atoms in total. The summed E-state index contributed by atoms with van der Waals surface area (Å²) in [5.41, 5.74) is 5.37. The van der Waals surface area contributed by atoms with Crippen LogP contribution in [0.2, 0.25) is 0 Å². The van der Waals surface area contributed by atoms with Crippen molar-refractivity contribution in [2.24, 2.45) is 5.73 Å². The molecule has 0 aromatic heterocycles. The number of ether oxygens (including phenoxy) is 1. The molecule has 0 saturated carbocycles.